The first-order valence-corrected chi connectivity index (χ1v) is 7.20. The van der Waals surface area contributed by atoms with Gasteiger partial charge in [-0.15, -0.1) is 0 Å². The van der Waals surface area contributed by atoms with Crippen molar-refractivity contribution < 1.29 is 9.53 Å². The molecule has 3 nitrogen and oxygen atoms in total. The number of carbonyl (C=O) groups is 1. The van der Waals surface area contributed by atoms with Crippen LogP contribution in [0.5, 0.6) is 0 Å². The number of hydrogen-bond donors (Lipinski definition) is 0. The Morgan fingerprint density at radius 3 is 2.78 bits per heavy atom. The molecule has 0 unspecified atom stereocenters. The fourth-order valence-electron chi connectivity index (χ4n) is 2.15. The fourth-order valence-corrected chi connectivity index (χ4v) is 2.55. The van der Waals surface area contributed by atoms with Crippen molar-refractivity contribution in [2.45, 2.75) is 19.3 Å². The summed E-state index contributed by atoms with van der Waals surface area (Å²) < 4.78 is 6.18. The average molecular weight is 312 g/mol. The van der Waals surface area contributed by atoms with Crippen LogP contribution in [0.4, 0.5) is 0 Å². The van der Waals surface area contributed by atoms with Gasteiger partial charge in [-0.05, 0) is 44.1 Å². The van der Waals surface area contributed by atoms with Crippen LogP contribution >= 0.6 is 15.9 Å². The van der Waals surface area contributed by atoms with Gasteiger partial charge in [0.1, 0.15) is 6.61 Å². The molecular weight excluding hydrogens is 294 g/mol. The molecule has 0 bridgehead atoms. The third kappa shape index (κ3) is 4.10. The summed E-state index contributed by atoms with van der Waals surface area (Å²) in [6.45, 7) is 3.59. The SMILES string of the molecule is O=C(OCCN1CCCCC1)c1cccc(Br)c1. The van der Waals surface area contributed by atoms with Crippen molar-refractivity contribution in [3.8, 4) is 0 Å². The van der Waals surface area contributed by atoms with E-state index in [0.29, 0.717) is 12.2 Å². The van der Waals surface area contributed by atoms with E-state index in [2.05, 4.69) is 20.8 Å². The molecule has 98 valence electrons. The summed E-state index contributed by atoms with van der Waals surface area (Å²) in [6, 6.07) is 7.28. The zero-order valence-corrected chi connectivity index (χ0v) is 12.0. The van der Waals surface area contributed by atoms with E-state index in [1.807, 2.05) is 12.1 Å². The third-order valence-electron chi connectivity index (χ3n) is 3.15. The van der Waals surface area contributed by atoms with Gasteiger partial charge in [-0.3, -0.25) is 4.90 Å². The molecule has 0 spiro atoms. The highest BCUT2D eigenvalue weighted by molar-refractivity contribution is 9.10. The minimum absolute atomic E-state index is 0.242. The Morgan fingerprint density at radius 1 is 1.28 bits per heavy atom. The van der Waals surface area contributed by atoms with E-state index >= 15 is 0 Å². The lowest BCUT2D eigenvalue weighted by atomic mass is 10.1. The molecule has 4 heteroatoms. The van der Waals surface area contributed by atoms with Gasteiger partial charge in [-0.2, -0.15) is 0 Å². The molecule has 0 radical (unpaired) electrons. The second kappa shape index (κ2) is 6.90. The van der Waals surface area contributed by atoms with Crippen LogP contribution in [0.2, 0.25) is 0 Å². The van der Waals surface area contributed by atoms with Crippen LogP contribution in [0.15, 0.2) is 28.7 Å². The van der Waals surface area contributed by atoms with Crippen molar-refractivity contribution in [3.05, 3.63) is 34.3 Å². The average Bonchev–Trinajstić information content (AvgIpc) is 2.40. The molecule has 1 fully saturated rings. The van der Waals surface area contributed by atoms with E-state index in [-0.39, 0.29) is 5.97 Å². The molecule has 1 aromatic carbocycles. The number of esters is 1. The van der Waals surface area contributed by atoms with Crippen molar-refractivity contribution in [2.75, 3.05) is 26.2 Å². The second-order valence-corrected chi connectivity index (χ2v) is 5.46. The van der Waals surface area contributed by atoms with Crippen molar-refractivity contribution in [1.82, 2.24) is 4.90 Å². The van der Waals surface area contributed by atoms with E-state index in [4.69, 9.17) is 4.74 Å². The molecule has 1 heterocycles. The highest BCUT2D eigenvalue weighted by Gasteiger charge is 2.11. The Bertz CT molecular complexity index is 403. The number of hydrogen-bond acceptors (Lipinski definition) is 3. The zero-order chi connectivity index (χ0) is 12.8. The summed E-state index contributed by atoms with van der Waals surface area (Å²) in [4.78, 5) is 14.1. The van der Waals surface area contributed by atoms with Crippen LogP contribution < -0.4 is 0 Å². The van der Waals surface area contributed by atoms with Gasteiger partial charge in [0.15, 0.2) is 0 Å². The number of halogens is 1. The summed E-state index contributed by atoms with van der Waals surface area (Å²) in [5, 5.41) is 0. The van der Waals surface area contributed by atoms with Gasteiger partial charge in [-0.25, -0.2) is 4.79 Å². The Hall–Kier alpha value is -0.870. The maximum Gasteiger partial charge on any atom is 0.338 e. The summed E-state index contributed by atoms with van der Waals surface area (Å²) >= 11 is 3.35. The highest BCUT2D eigenvalue weighted by Crippen LogP contribution is 2.13. The van der Waals surface area contributed by atoms with Crippen molar-refractivity contribution in [2.24, 2.45) is 0 Å². The number of benzene rings is 1. The number of likely N-dealkylation sites (tertiary alicyclic amines) is 1. The molecule has 0 atom stereocenters. The lowest BCUT2D eigenvalue weighted by Crippen LogP contribution is -2.33. The lowest BCUT2D eigenvalue weighted by Gasteiger charge is -2.25. The zero-order valence-electron chi connectivity index (χ0n) is 10.4. The van der Waals surface area contributed by atoms with Gasteiger partial charge < -0.3 is 4.74 Å². The van der Waals surface area contributed by atoms with Gasteiger partial charge in [0, 0.05) is 11.0 Å². The summed E-state index contributed by atoms with van der Waals surface area (Å²) in [5.41, 5.74) is 0.600. The Morgan fingerprint density at radius 2 is 2.06 bits per heavy atom. The predicted molar refractivity (Wildman–Crippen MR) is 74.7 cm³/mol. The molecule has 1 aromatic rings. The Kier molecular flexibility index (Phi) is 5.20. The normalized spacial score (nSPS) is 16.5. The van der Waals surface area contributed by atoms with E-state index in [0.717, 1.165) is 24.1 Å². The van der Waals surface area contributed by atoms with Crippen LogP contribution in [0, 0.1) is 0 Å². The fraction of sp³-hybridized carbons (Fsp3) is 0.500. The van der Waals surface area contributed by atoms with Gasteiger partial charge in [-0.1, -0.05) is 28.4 Å². The molecule has 2 rings (SSSR count). The molecular formula is C14H18BrNO2. The lowest BCUT2D eigenvalue weighted by molar-refractivity contribution is 0.0452. The molecule has 1 aliphatic heterocycles. The quantitative estimate of drug-likeness (QED) is 0.800. The number of ether oxygens (including phenoxy) is 1. The van der Waals surface area contributed by atoms with Gasteiger partial charge in [0.05, 0.1) is 5.56 Å². The standard InChI is InChI=1S/C14H18BrNO2/c15-13-6-4-5-12(11-13)14(17)18-10-9-16-7-2-1-3-8-16/h4-6,11H,1-3,7-10H2. The van der Waals surface area contributed by atoms with Gasteiger partial charge in [0.2, 0.25) is 0 Å². The Balaban J connectivity index is 1.74. The van der Waals surface area contributed by atoms with Crippen LogP contribution in [0.1, 0.15) is 29.6 Å². The van der Waals surface area contributed by atoms with Gasteiger partial charge in [0.25, 0.3) is 0 Å². The maximum absolute atomic E-state index is 11.8. The second-order valence-electron chi connectivity index (χ2n) is 4.55. The molecule has 0 amide bonds. The van der Waals surface area contributed by atoms with E-state index in [9.17, 15) is 4.79 Å². The molecule has 0 N–H and O–H groups in total. The minimum atomic E-state index is -0.242. The maximum atomic E-state index is 11.8. The number of piperidine rings is 1. The number of carbonyl (C=O) groups excluding carboxylic acids is 1. The molecule has 1 aliphatic rings. The summed E-state index contributed by atoms with van der Waals surface area (Å²) in [7, 11) is 0. The smallest absolute Gasteiger partial charge is 0.338 e. The van der Waals surface area contributed by atoms with Crippen LogP contribution in [-0.4, -0.2) is 37.1 Å². The van der Waals surface area contributed by atoms with Crippen LogP contribution in [0.25, 0.3) is 0 Å². The van der Waals surface area contributed by atoms with Crippen LogP contribution in [0.3, 0.4) is 0 Å². The monoisotopic (exact) mass is 311 g/mol. The van der Waals surface area contributed by atoms with Crippen molar-refractivity contribution in [1.29, 1.82) is 0 Å². The minimum Gasteiger partial charge on any atom is -0.461 e. The molecule has 0 saturated carbocycles. The Labute approximate surface area is 116 Å². The third-order valence-corrected chi connectivity index (χ3v) is 3.64. The first-order valence-electron chi connectivity index (χ1n) is 6.41. The molecule has 18 heavy (non-hydrogen) atoms. The molecule has 1 saturated heterocycles. The van der Waals surface area contributed by atoms with E-state index in [1.54, 1.807) is 12.1 Å². The van der Waals surface area contributed by atoms with Crippen LogP contribution in [-0.2, 0) is 4.74 Å². The first-order chi connectivity index (χ1) is 8.75. The van der Waals surface area contributed by atoms with Gasteiger partial charge >= 0.3 is 5.97 Å². The number of nitrogens with zero attached hydrogens (tertiary/aromatic N) is 1. The van der Waals surface area contributed by atoms with Crippen molar-refractivity contribution in [3.63, 3.8) is 0 Å². The topological polar surface area (TPSA) is 29.5 Å². The summed E-state index contributed by atoms with van der Waals surface area (Å²) in [5.74, 6) is -0.242. The molecule has 0 aromatic heterocycles. The largest absolute Gasteiger partial charge is 0.461 e. The highest BCUT2D eigenvalue weighted by atomic mass is 79.9. The first kappa shape index (κ1) is 13.6. The molecule has 0 aliphatic carbocycles. The summed E-state index contributed by atoms with van der Waals surface area (Å²) in [6.07, 6.45) is 3.85. The van der Waals surface area contributed by atoms with Crippen molar-refractivity contribution >= 4 is 21.9 Å². The number of rotatable bonds is 4. The predicted octanol–water partition coefficient (Wildman–Crippen LogP) is 3.09. The van der Waals surface area contributed by atoms with E-state index < -0.39 is 0 Å². The van der Waals surface area contributed by atoms with E-state index in [1.165, 1.54) is 19.3 Å².